The van der Waals surface area contributed by atoms with Gasteiger partial charge in [-0.25, -0.2) is 4.39 Å². The molecule has 1 heterocycles. The molecule has 1 aromatic heterocycles. The van der Waals surface area contributed by atoms with E-state index in [1.807, 2.05) is 0 Å². The van der Waals surface area contributed by atoms with Gasteiger partial charge in [-0.05, 0) is 17.9 Å². The lowest BCUT2D eigenvalue weighted by Gasteiger charge is -2.23. The summed E-state index contributed by atoms with van der Waals surface area (Å²) in [4.78, 5) is 15.3. The topological polar surface area (TPSA) is 68.0 Å². The van der Waals surface area contributed by atoms with Crippen LogP contribution in [-0.4, -0.2) is 23.5 Å². The molecular weight excluding hydrogens is 233 g/mol. The van der Waals surface area contributed by atoms with E-state index < -0.39 is 5.82 Å². The van der Waals surface area contributed by atoms with Crippen LogP contribution in [-0.2, 0) is 0 Å². The molecule has 0 aromatic carbocycles. The van der Waals surface area contributed by atoms with E-state index in [4.69, 9.17) is 5.73 Å². The van der Waals surface area contributed by atoms with E-state index in [-0.39, 0.29) is 22.9 Å². The number of rotatable bonds is 4. The molecule has 0 radical (unpaired) electrons. The minimum Gasteiger partial charge on any atom is -0.350 e. The Bertz CT molecular complexity index is 415. The van der Waals surface area contributed by atoms with Gasteiger partial charge in [-0.2, -0.15) is 0 Å². The van der Waals surface area contributed by atoms with Crippen molar-refractivity contribution in [3.05, 3.63) is 29.8 Å². The highest BCUT2D eigenvalue weighted by molar-refractivity contribution is 5.93. The van der Waals surface area contributed by atoms with Crippen molar-refractivity contribution in [3.8, 4) is 0 Å². The lowest BCUT2D eigenvalue weighted by molar-refractivity contribution is 0.0948. The molecule has 3 N–H and O–H groups in total. The zero-order chi connectivity index (χ0) is 13.8. The Kier molecular flexibility index (Phi) is 4.78. The largest absolute Gasteiger partial charge is 0.350 e. The van der Waals surface area contributed by atoms with Gasteiger partial charge >= 0.3 is 0 Å². The highest BCUT2D eigenvalue weighted by Crippen LogP contribution is 2.19. The third kappa shape index (κ3) is 5.23. The second-order valence-corrected chi connectivity index (χ2v) is 5.63. The van der Waals surface area contributed by atoms with Crippen molar-refractivity contribution in [2.24, 2.45) is 11.1 Å². The van der Waals surface area contributed by atoms with Gasteiger partial charge < -0.3 is 11.1 Å². The van der Waals surface area contributed by atoms with Gasteiger partial charge in [0.25, 0.3) is 5.91 Å². The molecule has 0 fully saturated rings. The predicted molar refractivity (Wildman–Crippen MR) is 68.6 cm³/mol. The minimum atomic E-state index is -0.526. The van der Waals surface area contributed by atoms with Crippen LogP contribution < -0.4 is 11.1 Å². The van der Waals surface area contributed by atoms with Crippen molar-refractivity contribution in [3.63, 3.8) is 0 Å². The quantitative estimate of drug-likeness (QED) is 0.858. The van der Waals surface area contributed by atoms with Crippen LogP contribution in [0.15, 0.2) is 18.5 Å². The molecule has 1 amide bonds. The molecule has 4 nitrogen and oxygen atoms in total. The lowest BCUT2D eigenvalue weighted by Crippen LogP contribution is -2.39. The van der Waals surface area contributed by atoms with Crippen molar-refractivity contribution in [1.29, 1.82) is 0 Å². The number of hydrogen-bond donors (Lipinski definition) is 2. The summed E-state index contributed by atoms with van der Waals surface area (Å²) in [5, 5.41) is 2.68. The number of amides is 1. The maximum Gasteiger partial charge on any atom is 0.253 e. The fourth-order valence-electron chi connectivity index (χ4n) is 1.72. The molecule has 0 aliphatic carbocycles. The Labute approximate surface area is 107 Å². The first-order valence-electron chi connectivity index (χ1n) is 5.92. The van der Waals surface area contributed by atoms with Gasteiger partial charge in [-0.15, -0.1) is 0 Å². The van der Waals surface area contributed by atoms with Crippen LogP contribution in [0.1, 0.15) is 37.6 Å². The summed E-state index contributed by atoms with van der Waals surface area (Å²) in [7, 11) is 0. The van der Waals surface area contributed by atoms with Crippen LogP contribution in [0.25, 0.3) is 0 Å². The molecule has 0 spiro atoms. The van der Waals surface area contributed by atoms with Gasteiger partial charge in [-0.1, -0.05) is 20.8 Å². The molecule has 0 aliphatic rings. The number of nitrogens with one attached hydrogen (secondary N) is 1. The summed E-state index contributed by atoms with van der Waals surface area (Å²) in [6.45, 7) is 6.63. The molecule has 0 bridgehead atoms. The number of pyridine rings is 1. The summed E-state index contributed by atoms with van der Waals surface area (Å²) < 4.78 is 12.9. The molecule has 1 aromatic rings. The maximum atomic E-state index is 12.9. The first-order valence-corrected chi connectivity index (χ1v) is 5.92. The van der Waals surface area contributed by atoms with E-state index in [0.717, 1.165) is 18.7 Å². The summed E-state index contributed by atoms with van der Waals surface area (Å²) >= 11 is 0. The molecule has 0 saturated heterocycles. The van der Waals surface area contributed by atoms with Crippen molar-refractivity contribution in [1.82, 2.24) is 10.3 Å². The van der Waals surface area contributed by atoms with Crippen LogP contribution >= 0.6 is 0 Å². The van der Waals surface area contributed by atoms with Gasteiger partial charge in [0.2, 0.25) is 0 Å². The van der Waals surface area contributed by atoms with Crippen molar-refractivity contribution in [2.45, 2.75) is 33.2 Å². The third-order valence-corrected chi connectivity index (χ3v) is 2.37. The fourth-order valence-corrected chi connectivity index (χ4v) is 1.72. The molecule has 5 heteroatoms. The standard InChI is InChI=1S/C13H20FN3O/c1-13(2,3)5-11(15)8-17-12(18)9-4-10(14)7-16-6-9/h4,6-7,11H,5,8,15H2,1-3H3,(H,17,18). The van der Waals surface area contributed by atoms with E-state index in [1.165, 1.54) is 6.20 Å². The van der Waals surface area contributed by atoms with Crippen LogP contribution in [0.3, 0.4) is 0 Å². The molecule has 0 aliphatic heterocycles. The molecule has 1 atom stereocenters. The van der Waals surface area contributed by atoms with E-state index in [2.05, 4.69) is 31.1 Å². The Morgan fingerprint density at radius 3 is 2.72 bits per heavy atom. The Balaban J connectivity index is 2.47. The predicted octanol–water partition coefficient (Wildman–Crippen LogP) is 1.71. The fraction of sp³-hybridized carbons (Fsp3) is 0.538. The van der Waals surface area contributed by atoms with Crippen LogP contribution in [0.4, 0.5) is 4.39 Å². The molecule has 0 saturated carbocycles. The highest BCUT2D eigenvalue weighted by atomic mass is 19.1. The summed E-state index contributed by atoms with van der Waals surface area (Å²) in [5.74, 6) is -0.881. The van der Waals surface area contributed by atoms with Gasteiger partial charge in [0, 0.05) is 18.8 Å². The number of carbonyl (C=O) groups is 1. The monoisotopic (exact) mass is 253 g/mol. The van der Waals surface area contributed by atoms with Crippen molar-refractivity contribution in [2.75, 3.05) is 6.54 Å². The molecule has 1 unspecified atom stereocenters. The zero-order valence-electron chi connectivity index (χ0n) is 11.0. The third-order valence-electron chi connectivity index (χ3n) is 2.37. The number of aromatic nitrogens is 1. The lowest BCUT2D eigenvalue weighted by atomic mass is 9.88. The summed E-state index contributed by atoms with van der Waals surface area (Å²) in [6.07, 6.45) is 3.19. The normalized spacial score (nSPS) is 13.2. The molecule has 18 heavy (non-hydrogen) atoms. The first-order chi connectivity index (χ1) is 8.28. The first kappa shape index (κ1) is 14.6. The Hall–Kier alpha value is -1.49. The molecular formula is C13H20FN3O. The number of nitrogens with two attached hydrogens (primary N) is 1. The van der Waals surface area contributed by atoms with Gasteiger partial charge in [0.15, 0.2) is 0 Å². The Morgan fingerprint density at radius 1 is 1.50 bits per heavy atom. The van der Waals surface area contributed by atoms with E-state index in [9.17, 15) is 9.18 Å². The zero-order valence-corrected chi connectivity index (χ0v) is 11.0. The second-order valence-electron chi connectivity index (χ2n) is 5.63. The number of hydrogen-bond acceptors (Lipinski definition) is 3. The smallest absolute Gasteiger partial charge is 0.253 e. The van der Waals surface area contributed by atoms with Crippen LogP contribution in [0.5, 0.6) is 0 Å². The molecule has 100 valence electrons. The van der Waals surface area contributed by atoms with E-state index >= 15 is 0 Å². The van der Waals surface area contributed by atoms with Gasteiger partial charge in [0.1, 0.15) is 5.82 Å². The summed E-state index contributed by atoms with van der Waals surface area (Å²) in [6, 6.07) is 1.04. The van der Waals surface area contributed by atoms with Crippen LogP contribution in [0.2, 0.25) is 0 Å². The average Bonchev–Trinajstić information content (AvgIpc) is 2.23. The number of carbonyl (C=O) groups excluding carboxylic acids is 1. The summed E-state index contributed by atoms with van der Waals surface area (Å²) in [5.41, 5.74) is 6.23. The van der Waals surface area contributed by atoms with Crippen LogP contribution in [0, 0.1) is 11.2 Å². The number of nitrogens with zero attached hydrogens (tertiary/aromatic N) is 1. The minimum absolute atomic E-state index is 0.115. The second kappa shape index (κ2) is 5.91. The van der Waals surface area contributed by atoms with Gasteiger partial charge in [-0.3, -0.25) is 9.78 Å². The van der Waals surface area contributed by atoms with Crippen molar-refractivity contribution < 1.29 is 9.18 Å². The number of halogens is 1. The van der Waals surface area contributed by atoms with E-state index in [1.54, 1.807) is 0 Å². The SMILES string of the molecule is CC(C)(C)CC(N)CNC(=O)c1cncc(F)c1. The van der Waals surface area contributed by atoms with Crippen molar-refractivity contribution >= 4 is 5.91 Å². The Morgan fingerprint density at radius 2 is 2.17 bits per heavy atom. The molecule has 1 rings (SSSR count). The highest BCUT2D eigenvalue weighted by Gasteiger charge is 2.16. The van der Waals surface area contributed by atoms with E-state index in [0.29, 0.717) is 6.54 Å². The maximum absolute atomic E-state index is 12.9. The average molecular weight is 253 g/mol. The van der Waals surface area contributed by atoms with Gasteiger partial charge in [0.05, 0.1) is 11.8 Å².